The van der Waals surface area contributed by atoms with Crippen LogP contribution in [0.4, 0.5) is 0 Å². The van der Waals surface area contributed by atoms with Gasteiger partial charge in [0.2, 0.25) is 14.2 Å². The predicted octanol–water partition coefficient (Wildman–Crippen LogP) is 1.82. The highest BCUT2D eigenvalue weighted by Crippen LogP contribution is 2.22. The molecule has 4 nitrogen and oxygen atoms in total. The van der Waals surface area contributed by atoms with E-state index in [0.717, 1.165) is 11.3 Å². The SMILES string of the molecule is O=S(=O)(c1ccc(Cl)cc1)c1nn[c]s1. The monoisotopic (exact) mass is 259 g/mol. The number of aromatic nitrogens is 2. The van der Waals surface area contributed by atoms with Crippen LogP contribution in [0, 0.1) is 5.51 Å². The van der Waals surface area contributed by atoms with Gasteiger partial charge in [0.25, 0.3) is 0 Å². The van der Waals surface area contributed by atoms with Gasteiger partial charge in [-0.15, -0.1) is 10.2 Å². The van der Waals surface area contributed by atoms with Gasteiger partial charge in [-0.25, -0.2) is 8.42 Å². The molecule has 15 heavy (non-hydrogen) atoms. The van der Waals surface area contributed by atoms with Crippen molar-refractivity contribution in [2.24, 2.45) is 0 Å². The molecular weight excluding hydrogens is 256 g/mol. The first-order chi connectivity index (χ1) is 7.10. The van der Waals surface area contributed by atoms with Crippen LogP contribution in [0.3, 0.4) is 0 Å². The van der Waals surface area contributed by atoms with Crippen molar-refractivity contribution in [3.05, 3.63) is 34.8 Å². The molecular formula is C8H4ClN2O2S2. The van der Waals surface area contributed by atoms with Crippen LogP contribution in [0.5, 0.6) is 0 Å². The van der Waals surface area contributed by atoms with Crippen molar-refractivity contribution < 1.29 is 8.42 Å². The largest absolute Gasteiger partial charge is 0.237 e. The van der Waals surface area contributed by atoms with E-state index in [-0.39, 0.29) is 9.24 Å². The summed E-state index contributed by atoms with van der Waals surface area (Å²) in [7, 11) is -3.56. The highest BCUT2D eigenvalue weighted by Gasteiger charge is 2.20. The van der Waals surface area contributed by atoms with Crippen molar-refractivity contribution in [1.82, 2.24) is 10.2 Å². The van der Waals surface area contributed by atoms with Crippen LogP contribution in [0.1, 0.15) is 0 Å². The normalized spacial score (nSPS) is 11.5. The van der Waals surface area contributed by atoms with Gasteiger partial charge in [0.05, 0.1) is 4.90 Å². The number of sulfone groups is 1. The summed E-state index contributed by atoms with van der Waals surface area (Å²) in [6.45, 7) is 0. The number of hydrogen-bond donors (Lipinski definition) is 0. The van der Waals surface area contributed by atoms with E-state index in [1.807, 2.05) is 0 Å². The van der Waals surface area contributed by atoms with Gasteiger partial charge in [-0.3, -0.25) is 0 Å². The Labute approximate surface area is 95.5 Å². The molecule has 0 aliphatic carbocycles. The lowest BCUT2D eigenvalue weighted by atomic mass is 10.4. The Morgan fingerprint density at radius 3 is 2.47 bits per heavy atom. The average Bonchev–Trinajstić information content (AvgIpc) is 2.71. The number of hydrogen-bond acceptors (Lipinski definition) is 5. The minimum Gasteiger partial charge on any atom is -0.216 e. The zero-order valence-electron chi connectivity index (χ0n) is 7.21. The van der Waals surface area contributed by atoms with Gasteiger partial charge in [-0.2, -0.15) is 0 Å². The first-order valence-electron chi connectivity index (χ1n) is 3.81. The third kappa shape index (κ3) is 2.01. The van der Waals surface area contributed by atoms with Gasteiger partial charge in [-0.1, -0.05) is 22.9 Å². The smallest absolute Gasteiger partial charge is 0.216 e. The van der Waals surface area contributed by atoms with Crippen LogP contribution in [-0.4, -0.2) is 18.6 Å². The second kappa shape index (κ2) is 3.88. The van der Waals surface area contributed by atoms with Crippen molar-refractivity contribution >= 4 is 32.8 Å². The van der Waals surface area contributed by atoms with Gasteiger partial charge < -0.3 is 0 Å². The van der Waals surface area contributed by atoms with Gasteiger partial charge in [0.15, 0.2) is 5.51 Å². The summed E-state index contributed by atoms with van der Waals surface area (Å²) in [6.07, 6.45) is 0. The van der Waals surface area contributed by atoms with Gasteiger partial charge in [0.1, 0.15) is 0 Å². The van der Waals surface area contributed by atoms with E-state index in [9.17, 15) is 8.42 Å². The molecule has 0 spiro atoms. The summed E-state index contributed by atoms with van der Waals surface area (Å²) in [5.41, 5.74) is 2.39. The van der Waals surface area contributed by atoms with Crippen LogP contribution < -0.4 is 0 Å². The van der Waals surface area contributed by atoms with Crippen LogP contribution in [0.25, 0.3) is 0 Å². The molecule has 1 aromatic heterocycles. The van der Waals surface area contributed by atoms with Gasteiger partial charge in [0, 0.05) is 5.02 Å². The van der Waals surface area contributed by atoms with Crippen LogP contribution >= 0.6 is 22.9 Å². The van der Waals surface area contributed by atoms with Crippen molar-refractivity contribution in [2.45, 2.75) is 9.24 Å². The van der Waals surface area contributed by atoms with E-state index in [4.69, 9.17) is 11.6 Å². The molecule has 77 valence electrons. The zero-order valence-corrected chi connectivity index (χ0v) is 9.60. The zero-order chi connectivity index (χ0) is 10.9. The van der Waals surface area contributed by atoms with E-state index in [0.29, 0.717) is 5.02 Å². The Morgan fingerprint density at radius 2 is 1.93 bits per heavy atom. The van der Waals surface area contributed by atoms with Crippen LogP contribution in [-0.2, 0) is 9.84 Å². The van der Waals surface area contributed by atoms with E-state index < -0.39 is 9.84 Å². The lowest BCUT2D eigenvalue weighted by molar-refractivity contribution is 0.594. The molecule has 1 aromatic carbocycles. The number of halogens is 1. The molecule has 0 fully saturated rings. The summed E-state index contributed by atoms with van der Waals surface area (Å²) in [5, 5.41) is 7.33. The Balaban J connectivity index is 2.52. The molecule has 0 saturated heterocycles. The highest BCUT2D eigenvalue weighted by molar-refractivity contribution is 7.93. The van der Waals surface area contributed by atoms with Crippen molar-refractivity contribution in [3.8, 4) is 0 Å². The molecule has 0 aliphatic heterocycles. The van der Waals surface area contributed by atoms with E-state index >= 15 is 0 Å². The molecule has 2 aromatic rings. The summed E-state index contributed by atoms with van der Waals surface area (Å²) in [4.78, 5) is 0.150. The van der Waals surface area contributed by atoms with Crippen molar-refractivity contribution in [3.63, 3.8) is 0 Å². The minimum atomic E-state index is -3.56. The molecule has 0 saturated carbocycles. The number of benzene rings is 1. The van der Waals surface area contributed by atoms with Crippen LogP contribution in [0.2, 0.25) is 5.02 Å². The first kappa shape index (κ1) is 10.5. The third-order valence-corrected chi connectivity index (χ3v) is 4.68. The number of rotatable bonds is 2. The quantitative estimate of drug-likeness (QED) is 0.826. The summed E-state index contributed by atoms with van der Waals surface area (Å²) in [5.74, 6) is 0. The number of nitrogens with zero attached hydrogens (tertiary/aromatic N) is 2. The molecule has 2 rings (SSSR count). The fourth-order valence-corrected chi connectivity index (χ4v) is 3.02. The Hall–Kier alpha value is -0.980. The third-order valence-electron chi connectivity index (χ3n) is 1.66. The molecule has 0 atom stereocenters. The van der Waals surface area contributed by atoms with Gasteiger partial charge in [-0.05, 0) is 24.3 Å². The maximum Gasteiger partial charge on any atom is 0.237 e. The van der Waals surface area contributed by atoms with E-state index in [1.165, 1.54) is 24.3 Å². The Kier molecular flexibility index (Phi) is 2.72. The van der Waals surface area contributed by atoms with Gasteiger partial charge >= 0.3 is 0 Å². The summed E-state index contributed by atoms with van der Waals surface area (Å²) in [6, 6.07) is 5.89. The topological polar surface area (TPSA) is 59.9 Å². The highest BCUT2D eigenvalue weighted by atomic mass is 35.5. The lowest BCUT2D eigenvalue weighted by Gasteiger charge is -1.99. The fraction of sp³-hybridized carbons (Fsp3) is 0. The predicted molar refractivity (Wildman–Crippen MR) is 55.6 cm³/mol. The second-order valence-electron chi connectivity index (χ2n) is 2.62. The average molecular weight is 260 g/mol. The molecule has 7 heteroatoms. The lowest BCUT2D eigenvalue weighted by Crippen LogP contribution is -2.01. The molecule has 0 amide bonds. The van der Waals surface area contributed by atoms with E-state index in [1.54, 1.807) is 0 Å². The molecule has 0 N–H and O–H groups in total. The second-order valence-corrected chi connectivity index (χ2v) is 5.95. The maximum absolute atomic E-state index is 11.9. The first-order valence-corrected chi connectivity index (χ1v) is 6.49. The Bertz CT molecular complexity index is 549. The molecule has 0 unspecified atom stereocenters. The van der Waals surface area contributed by atoms with Crippen molar-refractivity contribution in [2.75, 3.05) is 0 Å². The summed E-state index contributed by atoms with van der Waals surface area (Å²) < 4.78 is 23.6. The van der Waals surface area contributed by atoms with Crippen LogP contribution in [0.15, 0.2) is 33.5 Å². The minimum absolute atomic E-state index is 0.0650. The summed E-state index contributed by atoms with van der Waals surface area (Å²) >= 11 is 6.52. The molecule has 0 bridgehead atoms. The molecule has 1 radical (unpaired) electrons. The Morgan fingerprint density at radius 1 is 1.27 bits per heavy atom. The fourth-order valence-electron chi connectivity index (χ4n) is 0.964. The van der Waals surface area contributed by atoms with Crippen molar-refractivity contribution in [1.29, 1.82) is 0 Å². The maximum atomic E-state index is 11.9. The van der Waals surface area contributed by atoms with E-state index in [2.05, 4.69) is 15.7 Å². The molecule has 0 aliphatic rings. The molecule has 1 heterocycles. The standard InChI is InChI=1S/C8H4ClN2O2S2/c9-6-1-3-7(4-2-6)15(12,13)8-11-10-5-14-8/h1-4H.